The second-order valence-corrected chi connectivity index (χ2v) is 6.32. The highest BCUT2D eigenvalue weighted by Crippen LogP contribution is 2.17. The molecule has 7 heteroatoms. The second-order valence-electron chi connectivity index (χ2n) is 6.32. The van der Waals surface area contributed by atoms with Crippen molar-refractivity contribution in [2.75, 3.05) is 13.1 Å². The first-order valence-corrected chi connectivity index (χ1v) is 8.26. The molecule has 0 saturated carbocycles. The van der Waals surface area contributed by atoms with Crippen LogP contribution in [-0.4, -0.2) is 39.7 Å². The van der Waals surface area contributed by atoms with Gasteiger partial charge in [-0.3, -0.25) is 14.4 Å². The van der Waals surface area contributed by atoms with Gasteiger partial charge in [0.25, 0.3) is 5.91 Å². The predicted molar refractivity (Wildman–Crippen MR) is 90.1 cm³/mol. The molecule has 1 saturated heterocycles. The summed E-state index contributed by atoms with van der Waals surface area (Å²) in [6.07, 6.45) is 3.37. The highest BCUT2D eigenvalue weighted by Gasteiger charge is 2.22. The minimum Gasteiger partial charge on any atom is -0.348 e. The normalized spacial score (nSPS) is 15.7. The molecular formula is C18H20FN5O. The molecule has 1 aliphatic heterocycles. The van der Waals surface area contributed by atoms with Crippen LogP contribution in [0.25, 0.3) is 0 Å². The van der Waals surface area contributed by atoms with E-state index in [-0.39, 0.29) is 17.8 Å². The van der Waals surface area contributed by atoms with Crippen molar-refractivity contribution in [2.45, 2.75) is 25.4 Å². The Morgan fingerprint density at radius 1 is 1.40 bits per heavy atom. The monoisotopic (exact) mass is 341 g/mol. The molecule has 1 amide bonds. The molecule has 0 spiro atoms. The molecule has 2 heterocycles. The summed E-state index contributed by atoms with van der Waals surface area (Å²) in [6.45, 7) is 2.08. The van der Waals surface area contributed by atoms with Crippen LogP contribution < -0.4 is 5.32 Å². The van der Waals surface area contributed by atoms with Gasteiger partial charge >= 0.3 is 0 Å². The molecule has 2 aromatic rings. The molecule has 130 valence electrons. The van der Waals surface area contributed by atoms with Crippen molar-refractivity contribution in [1.29, 1.82) is 5.26 Å². The van der Waals surface area contributed by atoms with Gasteiger partial charge in [0.1, 0.15) is 11.5 Å². The van der Waals surface area contributed by atoms with E-state index in [4.69, 9.17) is 5.26 Å². The summed E-state index contributed by atoms with van der Waals surface area (Å²) in [5.41, 5.74) is 1.34. The number of nitrogens with one attached hydrogen (secondary N) is 1. The number of amides is 1. The Kier molecular flexibility index (Phi) is 5.10. The zero-order valence-electron chi connectivity index (χ0n) is 14.1. The maximum atomic E-state index is 14.0. The Hall–Kier alpha value is -2.72. The number of piperidine rings is 1. The summed E-state index contributed by atoms with van der Waals surface area (Å²) in [6, 6.07) is 8.32. The van der Waals surface area contributed by atoms with E-state index in [1.807, 2.05) is 6.07 Å². The molecule has 1 aromatic heterocycles. The summed E-state index contributed by atoms with van der Waals surface area (Å²) in [5, 5.41) is 15.9. The number of aryl methyl sites for hydroxylation is 1. The number of likely N-dealkylation sites (tertiary alicyclic amines) is 1. The van der Waals surface area contributed by atoms with Crippen LogP contribution >= 0.6 is 0 Å². The topological polar surface area (TPSA) is 74.0 Å². The highest BCUT2D eigenvalue weighted by molar-refractivity contribution is 5.92. The second kappa shape index (κ2) is 7.45. The van der Waals surface area contributed by atoms with E-state index in [9.17, 15) is 9.18 Å². The third-order valence-corrected chi connectivity index (χ3v) is 4.45. The largest absolute Gasteiger partial charge is 0.348 e. The first-order chi connectivity index (χ1) is 12.0. The van der Waals surface area contributed by atoms with Crippen molar-refractivity contribution >= 4 is 5.91 Å². The quantitative estimate of drug-likeness (QED) is 0.921. The van der Waals surface area contributed by atoms with E-state index in [0.29, 0.717) is 23.4 Å². The van der Waals surface area contributed by atoms with E-state index in [1.165, 1.54) is 6.07 Å². The molecule has 0 aliphatic carbocycles. The van der Waals surface area contributed by atoms with Crippen LogP contribution in [0.5, 0.6) is 0 Å². The average Bonchev–Trinajstić information content (AvgIpc) is 3.05. The number of hydrogen-bond donors (Lipinski definition) is 1. The number of carbonyl (C=O) groups is 1. The number of carbonyl (C=O) groups excluding carboxylic acids is 1. The third kappa shape index (κ3) is 4.22. The Morgan fingerprint density at radius 2 is 2.16 bits per heavy atom. The van der Waals surface area contributed by atoms with Crippen LogP contribution in [0.1, 0.15) is 34.5 Å². The van der Waals surface area contributed by atoms with Crippen LogP contribution in [0.2, 0.25) is 0 Å². The number of benzene rings is 1. The molecular weight excluding hydrogens is 321 g/mol. The number of nitriles is 1. The lowest BCUT2D eigenvalue weighted by atomic mass is 10.0. The van der Waals surface area contributed by atoms with Crippen LogP contribution in [0, 0.1) is 17.1 Å². The molecule has 6 nitrogen and oxygen atoms in total. The minimum absolute atomic E-state index is 0.108. The lowest BCUT2D eigenvalue weighted by molar-refractivity contribution is 0.0903. The number of aromatic nitrogens is 2. The summed E-state index contributed by atoms with van der Waals surface area (Å²) >= 11 is 0. The van der Waals surface area contributed by atoms with Gasteiger partial charge in [0.05, 0.1) is 11.6 Å². The lowest BCUT2D eigenvalue weighted by Gasteiger charge is -2.32. The van der Waals surface area contributed by atoms with Crippen molar-refractivity contribution in [3.05, 3.63) is 53.1 Å². The third-order valence-electron chi connectivity index (χ3n) is 4.45. The molecule has 3 rings (SSSR count). The van der Waals surface area contributed by atoms with Gasteiger partial charge in [0.15, 0.2) is 0 Å². The zero-order chi connectivity index (χ0) is 17.8. The Bertz CT molecular complexity index is 802. The van der Waals surface area contributed by atoms with E-state index >= 15 is 0 Å². The summed E-state index contributed by atoms with van der Waals surface area (Å²) in [4.78, 5) is 14.3. The van der Waals surface area contributed by atoms with E-state index in [0.717, 1.165) is 25.9 Å². The maximum Gasteiger partial charge on any atom is 0.271 e. The molecule has 1 fully saturated rings. The molecule has 0 atom stereocenters. The fourth-order valence-corrected chi connectivity index (χ4v) is 3.02. The first-order valence-electron chi connectivity index (χ1n) is 8.26. The molecule has 1 aromatic carbocycles. The van der Waals surface area contributed by atoms with Crippen molar-refractivity contribution in [3.8, 4) is 6.07 Å². The summed E-state index contributed by atoms with van der Waals surface area (Å²) in [7, 11) is 1.78. The van der Waals surface area contributed by atoms with Crippen molar-refractivity contribution in [3.63, 3.8) is 0 Å². The number of halogens is 1. The van der Waals surface area contributed by atoms with Gasteiger partial charge < -0.3 is 5.32 Å². The molecule has 25 heavy (non-hydrogen) atoms. The van der Waals surface area contributed by atoms with E-state index in [1.54, 1.807) is 36.1 Å². The van der Waals surface area contributed by atoms with Crippen molar-refractivity contribution in [2.24, 2.45) is 7.05 Å². The molecule has 0 radical (unpaired) electrons. The van der Waals surface area contributed by atoms with Crippen molar-refractivity contribution in [1.82, 2.24) is 20.0 Å². The SMILES string of the molecule is Cn1ccc(C(=O)NC2CCN(Cc3ccc(C#N)cc3F)CC2)n1. The predicted octanol–water partition coefficient (Wildman–Crippen LogP) is 1.83. The van der Waals surface area contributed by atoms with Gasteiger partial charge in [-0.2, -0.15) is 10.4 Å². The smallest absolute Gasteiger partial charge is 0.271 e. The highest BCUT2D eigenvalue weighted by atomic mass is 19.1. The molecule has 1 aliphatic rings. The zero-order valence-corrected chi connectivity index (χ0v) is 14.1. The molecule has 1 N–H and O–H groups in total. The van der Waals surface area contributed by atoms with Crippen molar-refractivity contribution < 1.29 is 9.18 Å². The van der Waals surface area contributed by atoms with Crippen LogP contribution in [-0.2, 0) is 13.6 Å². The number of nitrogens with zero attached hydrogens (tertiary/aromatic N) is 4. The standard InChI is InChI=1S/C18H20FN5O/c1-23-7-6-17(22-23)18(25)21-15-4-8-24(9-5-15)12-14-3-2-13(11-20)10-16(14)19/h2-3,6-7,10,15H,4-5,8-9,12H2,1H3,(H,21,25). The van der Waals surface area contributed by atoms with Gasteiger partial charge in [-0.15, -0.1) is 0 Å². The minimum atomic E-state index is -0.343. The first kappa shape index (κ1) is 17.1. The van der Waals surface area contributed by atoms with Crippen LogP contribution in [0.3, 0.4) is 0 Å². The van der Waals surface area contributed by atoms with E-state index in [2.05, 4.69) is 15.3 Å². The Morgan fingerprint density at radius 3 is 2.76 bits per heavy atom. The van der Waals surface area contributed by atoms with Gasteiger partial charge in [-0.05, 0) is 31.0 Å². The lowest BCUT2D eigenvalue weighted by Crippen LogP contribution is -2.44. The van der Waals surface area contributed by atoms with Crippen LogP contribution in [0.4, 0.5) is 4.39 Å². The number of rotatable bonds is 4. The maximum absolute atomic E-state index is 14.0. The molecule has 0 bridgehead atoms. The van der Waals surface area contributed by atoms with Gasteiger partial charge in [-0.1, -0.05) is 6.07 Å². The number of hydrogen-bond acceptors (Lipinski definition) is 4. The summed E-state index contributed by atoms with van der Waals surface area (Å²) < 4.78 is 15.6. The van der Waals surface area contributed by atoms with Crippen LogP contribution in [0.15, 0.2) is 30.5 Å². The Balaban J connectivity index is 1.50. The van der Waals surface area contributed by atoms with E-state index < -0.39 is 0 Å². The van der Waals surface area contributed by atoms with Gasteiger partial charge in [-0.25, -0.2) is 4.39 Å². The average molecular weight is 341 g/mol. The summed E-state index contributed by atoms with van der Waals surface area (Å²) in [5.74, 6) is -0.498. The fraction of sp³-hybridized carbons (Fsp3) is 0.389. The molecule has 0 unspecified atom stereocenters. The Labute approximate surface area is 145 Å². The van der Waals surface area contributed by atoms with Gasteiger partial charge in [0.2, 0.25) is 0 Å². The van der Waals surface area contributed by atoms with Gasteiger partial charge in [0, 0.05) is 44.5 Å². The fourth-order valence-electron chi connectivity index (χ4n) is 3.02.